The number of halogens is 1. The van der Waals surface area contributed by atoms with Gasteiger partial charge in [0.15, 0.2) is 5.78 Å². The van der Waals surface area contributed by atoms with Crippen molar-refractivity contribution >= 4 is 38.7 Å². The SMILES string of the molecule is CC1(C)CC(=O)C2=C(C1)N(c1ccc(Br)cc1)C(N)=C(C#N)[C@H]2c1ccc(C(C)(C)C)s1. The zero-order valence-electron chi connectivity index (χ0n) is 19.1. The van der Waals surface area contributed by atoms with Gasteiger partial charge in [-0.05, 0) is 53.6 Å². The van der Waals surface area contributed by atoms with Crippen LogP contribution in [-0.2, 0) is 10.2 Å². The Bertz CT molecular complexity index is 1190. The normalized spacial score (nSPS) is 21.0. The number of anilines is 1. The first-order valence-corrected chi connectivity index (χ1v) is 12.4. The molecule has 32 heavy (non-hydrogen) atoms. The summed E-state index contributed by atoms with van der Waals surface area (Å²) in [4.78, 5) is 17.7. The van der Waals surface area contributed by atoms with Crippen LogP contribution in [0.25, 0.3) is 0 Å². The third-order valence-corrected chi connectivity index (χ3v) is 8.22. The van der Waals surface area contributed by atoms with Gasteiger partial charge in [0, 0.05) is 37.6 Å². The molecule has 2 N–H and O–H groups in total. The van der Waals surface area contributed by atoms with Crippen LogP contribution >= 0.6 is 27.3 Å². The van der Waals surface area contributed by atoms with Crippen molar-refractivity contribution in [3.63, 3.8) is 0 Å². The average molecular weight is 511 g/mol. The van der Waals surface area contributed by atoms with Gasteiger partial charge in [-0.2, -0.15) is 5.26 Å². The zero-order chi connectivity index (χ0) is 23.4. The predicted octanol–water partition coefficient (Wildman–Crippen LogP) is 6.75. The molecule has 2 heterocycles. The largest absolute Gasteiger partial charge is 0.384 e. The van der Waals surface area contributed by atoms with E-state index in [-0.39, 0.29) is 16.6 Å². The minimum atomic E-state index is -0.411. The lowest BCUT2D eigenvalue weighted by Gasteiger charge is -2.43. The molecule has 2 aromatic rings. The topological polar surface area (TPSA) is 70.1 Å². The second-order valence-corrected chi connectivity index (χ2v) is 12.4. The van der Waals surface area contributed by atoms with Crippen molar-refractivity contribution in [3.05, 3.63) is 73.3 Å². The maximum atomic E-state index is 13.6. The van der Waals surface area contributed by atoms with E-state index in [0.29, 0.717) is 17.8 Å². The maximum absolute atomic E-state index is 13.6. The van der Waals surface area contributed by atoms with Crippen LogP contribution in [0.5, 0.6) is 0 Å². The van der Waals surface area contributed by atoms with Crippen molar-refractivity contribution in [1.29, 1.82) is 5.26 Å². The molecule has 0 saturated heterocycles. The monoisotopic (exact) mass is 509 g/mol. The minimum absolute atomic E-state index is 0.00111. The Balaban J connectivity index is 1.96. The van der Waals surface area contributed by atoms with Crippen LogP contribution in [0.15, 0.2) is 63.5 Å². The molecule has 4 rings (SSSR count). The van der Waals surface area contributed by atoms with E-state index in [9.17, 15) is 10.1 Å². The summed E-state index contributed by atoms with van der Waals surface area (Å²) < 4.78 is 0.960. The van der Waals surface area contributed by atoms with Crippen LogP contribution in [0, 0.1) is 16.7 Å². The van der Waals surface area contributed by atoms with Crippen LogP contribution in [-0.4, -0.2) is 5.78 Å². The van der Waals surface area contributed by atoms with E-state index in [2.05, 4.69) is 68.8 Å². The Morgan fingerprint density at radius 2 is 1.81 bits per heavy atom. The Labute approximate surface area is 202 Å². The standard InChI is InChI=1S/C26H28BrN3OS/c1-25(2,3)21-11-10-20(32-21)22-17(14-28)24(29)30(16-8-6-15(27)7-9-16)18-12-26(4,5)13-19(31)23(18)22/h6-11,22H,12-13,29H2,1-5H3/t22-/m0/s1. The van der Waals surface area contributed by atoms with Gasteiger partial charge in [0.2, 0.25) is 0 Å². The van der Waals surface area contributed by atoms with Crippen molar-refractivity contribution in [3.8, 4) is 6.07 Å². The highest BCUT2D eigenvalue weighted by atomic mass is 79.9. The molecule has 0 saturated carbocycles. The van der Waals surface area contributed by atoms with E-state index in [4.69, 9.17) is 5.73 Å². The van der Waals surface area contributed by atoms with Gasteiger partial charge < -0.3 is 5.73 Å². The first-order valence-electron chi connectivity index (χ1n) is 10.7. The van der Waals surface area contributed by atoms with Crippen LogP contribution in [0.3, 0.4) is 0 Å². The molecule has 1 atom stereocenters. The summed E-state index contributed by atoms with van der Waals surface area (Å²) in [5.74, 6) is 0.107. The van der Waals surface area contributed by atoms with Crippen molar-refractivity contribution in [1.82, 2.24) is 0 Å². The molecule has 1 aliphatic carbocycles. The first kappa shape index (κ1) is 22.8. The van der Waals surface area contributed by atoms with E-state index >= 15 is 0 Å². The fourth-order valence-corrected chi connectivity index (χ4v) is 6.04. The summed E-state index contributed by atoms with van der Waals surface area (Å²) in [6.07, 6.45) is 1.18. The number of nitrogens with zero attached hydrogens (tertiary/aromatic N) is 2. The summed E-state index contributed by atoms with van der Waals surface area (Å²) in [7, 11) is 0. The van der Waals surface area contributed by atoms with E-state index in [1.807, 2.05) is 29.2 Å². The van der Waals surface area contributed by atoms with Gasteiger partial charge >= 0.3 is 0 Å². The van der Waals surface area contributed by atoms with E-state index in [1.54, 1.807) is 11.3 Å². The van der Waals surface area contributed by atoms with Gasteiger partial charge in [0.05, 0.1) is 17.6 Å². The van der Waals surface area contributed by atoms with Gasteiger partial charge in [-0.15, -0.1) is 11.3 Å². The molecular formula is C26H28BrN3OS. The fourth-order valence-electron chi connectivity index (χ4n) is 4.59. The fraction of sp³-hybridized carbons (Fsp3) is 0.385. The number of carbonyl (C=O) groups excluding carboxylic acids is 1. The Morgan fingerprint density at radius 1 is 1.16 bits per heavy atom. The maximum Gasteiger partial charge on any atom is 0.162 e. The van der Waals surface area contributed by atoms with Gasteiger partial charge in [-0.3, -0.25) is 9.69 Å². The molecule has 166 valence electrons. The lowest BCUT2D eigenvalue weighted by Crippen LogP contribution is -2.42. The number of ketones is 1. The lowest BCUT2D eigenvalue weighted by molar-refractivity contribution is -0.118. The van der Waals surface area contributed by atoms with Crippen molar-refractivity contribution in [2.45, 2.75) is 58.8 Å². The minimum Gasteiger partial charge on any atom is -0.384 e. The van der Waals surface area contributed by atoms with Crippen molar-refractivity contribution in [2.24, 2.45) is 11.1 Å². The molecule has 0 amide bonds. The number of benzene rings is 1. The summed E-state index contributed by atoms with van der Waals surface area (Å²) in [5, 5.41) is 10.2. The molecule has 4 nitrogen and oxygen atoms in total. The van der Waals surface area contributed by atoms with E-state index in [0.717, 1.165) is 32.7 Å². The van der Waals surface area contributed by atoms with E-state index < -0.39 is 5.92 Å². The Hall–Kier alpha value is -2.36. The second kappa shape index (κ2) is 7.90. The third-order valence-electron chi connectivity index (χ3n) is 6.12. The number of hydrogen-bond acceptors (Lipinski definition) is 5. The average Bonchev–Trinajstić information content (AvgIpc) is 3.18. The smallest absolute Gasteiger partial charge is 0.162 e. The molecule has 1 aliphatic heterocycles. The highest BCUT2D eigenvalue weighted by Crippen LogP contribution is 2.51. The first-order chi connectivity index (χ1) is 14.9. The lowest BCUT2D eigenvalue weighted by atomic mass is 9.69. The van der Waals surface area contributed by atoms with Gasteiger partial charge in [0.25, 0.3) is 0 Å². The number of nitriles is 1. The second-order valence-electron chi connectivity index (χ2n) is 10.4. The molecular weight excluding hydrogens is 482 g/mol. The number of hydrogen-bond donors (Lipinski definition) is 1. The predicted molar refractivity (Wildman–Crippen MR) is 134 cm³/mol. The number of thiophene rings is 1. The van der Waals surface area contributed by atoms with Crippen LogP contribution in [0.1, 0.15) is 63.1 Å². The summed E-state index contributed by atoms with van der Waals surface area (Å²) in [5.41, 5.74) is 9.46. The number of carbonyl (C=O) groups is 1. The molecule has 0 spiro atoms. The van der Waals surface area contributed by atoms with Crippen LogP contribution < -0.4 is 10.6 Å². The van der Waals surface area contributed by atoms with Crippen LogP contribution in [0.2, 0.25) is 0 Å². The number of Topliss-reactive ketones (excluding diaryl/α,β-unsaturated/α-hetero) is 1. The number of rotatable bonds is 2. The summed E-state index contributed by atoms with van der Waals surface area (Å²) in [6, 6.07) is 14.4. The quantitative estimate of drug-likeness (QED) is 0.485. The highest BCUT2D eigenvalue weighted by Gasteiger charge is 2.45. The number of allylic oxidation sites excluding steroid dienone is 3. The zero-order valence-corrected chi connectivity index (χ0v) is 21.5. The van der Waals surface area contributed by atoms with Crippen molar-refractivity contribution in [2.75, 3.05) is 4.90 Å². The molecule has 1 aromatic heterocycles. The molecule has 0 radical (unpaired) electrons. The third kappa shape index (κ3) is 3.93. The molecule has 1 aromatic carbocycles. The number of nitrogens with two attached hydrogens (primary N) is 1. The molecule has 6 heteroatoms. The van der Waals surface area contributed by atoms with Gasteiger partial charge in [-0.1, -0.05) is 50.5 Å². The van der Waals surface area contributed by atoms with Crippen LogP contribution in [0.4, 0.5) is 5.69 Å². The summed E-state index contributed by atoms with van der Waals surface area (Å²) >= 11 is 5.16. The molecule has 0 bridgehead atoms. The van der Waals surface area contributed by atoms with Crippen molar-refractivity contribution < 1.29 is 4.79 Å². The van der Waals surface area contributed by atoms with Gasteiger partial charge in [0.1, 0.15) is 5.82 Å². The Kier molecular flexibility index (Phi) is 5.63. The molecule has 0 unspecified atom stereocenters. The summed E-state index contributed by atoms with van der Waals surface area (Å²) in [6.45, 7) is 10.8. The molecule has 0 fully saturated rings. The van der Waals surface area contributed by atoms with E-state index in [1.165, 1.54) is 4.88 Å². The molecule has 2 aliphatic rings. The van der Waals surface area contributed by atoms with Gasteiger partial charge in [-0.25, -0.2) is 0 Å². The highest BCUT2D eigenvalue weighted by molar-refractivity contribution is 9.10. The Morgan fingerprint density at radius 3 is 2.38 bits per heavy atom.